The lowest BCUT2D eigenvalue weighted by Crippen LogP contribution is -2.23. The Morgan fingerprint density at radius 2 is 1.29 bits per heavy atom. The molecule has 2 heterocycles. The molecule has 2 nitrogen and oxygen atoms in total. The Bertz CT molecular complexity index is 177. The van der Waals surface area contributed by atoms with Gasteiger partial charge in [0.25, 0.3) is 0 Å². The first-order valence-electron chi connectivity index (χ1n) is 5.83. The van der Waals surface area contributed by atoms with Gasteiger partial charge < -0.3 is 0 Å². The highest BCUT2D eigenvalue weighted by Crippen LogP contribution is 2.49. The molecular formula is C11H21N2P. The first-order valence-corrected chi connectivity index (χ1v) is 7.15. The van der Waals surface area contributed by atoms with Crippen molar-refractivity contribution in [3.8, 4) is 0 Å². The lowest BCUT2D eigenvalue weighted by Gasteiger charge is -2.32. The smallest absolute Gasteiger partial charge is 0.0644 e. The highest BCUT2D eigenvalue weighted by atomic mass is 31.1. The van der Waals surface area contributed by atoms with Gasteiger partial charge in [-0.15, -0.1) is 0 Å². The summed E-state index contributed by atoms with van der Waals surface area (Å²) in [5.74, 6) is 2.44. The largest absolute Gasteiger partial charge is 0.267 e. The van der Waals surface area contributed by atoms with Crippen LogP contribution >= 0.6 is 8.22 Å². The summed E-state index contributed by atoms with van der Waals surface area (Å²) < 4.78 is 5.39. The molecule has 0 spiro atoms. The van der Waals surface area contributed by atoms with Gasteiger partial charge in [-0.05, 0) is 38.4 Å². The summed E-state index contributed by atoms with van der Waals surface area (Å²) in [6, 6.07) is 0. The first kappa shape index (κ1) is 10.6. The van der Waals surface area contributed by atoms with E-state index in [1.807, 2.05) is 0 Å². The van der Waals surface area contributed by atoms with E-state index in [-0.39, 0.29) is 8.22 Å². The second-order valence-electron chi connectivity index (χ2n) is 4.12. The van der Waals surface area contributed by atoms with Gasteiger partial charge in [0.1, 0.15) is 0 Å². The van der Waals surface area contributed by atoms with Crippen molar-refractivity contribution in [3.05, 3.63) is 11.9 Å². The zero-order valence-electron chi connectivity index (χ0n) is 9.15. The maximum Gasteiger partial charge on any atom is 0.0644 e. The van der Waals surface area contributed by atoms with Gasteiger partial charge in [0.2, 0.25) is 0 Å². The molecule has 2 saturated heterocycles. The third kappa shape index (κ3) is 2.36. The fourth-order valence-corrected chi connectivity index (χ4v) is 4.70. The summed E-state index contributed by atoms with van der Waals surface area (Å²) in [4.78, 5) is 0. The topological polar surface area (TPSA) is 6.48 Å². The number of allylic oxidation sites excluding steroid dienone is 1. The van der Waals surface area contributed by atoms with Crippen molar-refractivity contribution < 1.29 is 0 Å². The van der Waals surface area contributed by atoms with Crippen molar-refractivity contribution in [3.63, 3.8) is 0 Å². The van der Waals surface area contributed by atoms with E-state index in [4.69, 9.17) is 0 Å². The molecule has 2 rings (SSSR count). The quantitative estimate of drug-likeness (QED) is 0.663. The van der Waals surface area contributed by atoms with Crippen molar-refractivity contribution in [2.24, 2.45) is 0 Å². The van der Waals surface area contributed by atoms with Gasteiger partial charge >= 0.3 is 0 Å². The average Bonchev–Trinajstić information content (AvgIpc) is 2.87. The van der Waals surface area contributed by atoms with Gasteiger partial charge in [-0.25, -0.2) is 0 Å². The fourth-order valence-electron chi connectivity index (χ4n) is 2.31. The van der Waals surface area contributed by atoms with Crippen LogP contribution in [0.4, 0.5) is 0 Å². The molecule has 0 radical (unpaired) electrons. The predicted octanol–water partition coefficient (Wildman–Crippen LogP) is 3.02. The Kier molecular flexibility index (Phi) is 3.98. The van der Waals surface area contributed by atoms with Crippen molar-refractivity contribution in [1.29, 1.82) is 0 Å². The molecule has 2 aliphatic rings. The van der Waals surface area contributed by atoms with Crippen LogP contribution in [0, 0.1) is 0 Å². The summed E-state index contributed by atoms with van der Waals surface area (Å²) in [5.41, 5.74) is 0. The molecule has 0 N–H and O–H groups in total. The van der Waals surface area contributed by atoms with Gasteiger partial charge in [0.15, 0.2) is 0 Å². The molecule has 3 heteroatoms. The molecule has 0 aromatic heterocycles. The Hall–Kier alpha value is 0.0900. The van der Waals surface area contributed by atoms with Crippen LogP contribution in [0.15, 0.2) is 11.9 Å². The van der Waals surface area contributed by atoms with Gasteiger partial charge in [-0.2, -0.15) is 0 Å². The van der Waals surface area contributed by atoms with E-state index in [0.717, 1.165) is 0 Å². The summed E-state index contributed by atoms with van der Waals surface area (Å²) in [6.07, 6.45) is 7.87. The van der Waals surface area contributed by atoms with E-state index in [1.165, 1.54) is 51.9 Å². The van der Waals surface area contributed by atoms with E-state index in [2.05, 4.69) is 28.2 Å². The van der Waals surface area contributed by atoms with Crippen LogP contribution in [0.3, 0.4) is 0 Å². The minimum absolute atomic E-state index is 0.0769. The molecule has 0 saturated carbocycles. The molecule has 0 unspecified atom stereocenters. The lowest BCUT2D eigenvalue weighted by atomic mass is 10.4. The van der Waals surface area contributed by atoms with Gasteiger partial charge in [-0.1, -0.05) is 6.08 Å². The maximum atomic E-state index is 2.70. The molecule has 0 bridgehead atoms. The van der Waals surface area contributed by atoms with Crippen molar-refractivity contribution >= 4 is 8.22 Å². The third-order valence-corrected chi connectivity index (χ3v) is 5.55. The fraction of sp³-hybridized carbons (Fsp3) is 0.818. The van der Waals surface area contributed by atoms with Crippen LogP contribution in [0.2, 0.25) is 0 Å². The van der Waals surface area contributed by atoms with Crippen molar-refractivity contribution in [2.45, 2.75) is 32.6 Å². The monoisotopic (exact) mass is 212 g/mol. The summed E-state index contributed by atoms with van der Waals surface area (Å²) >= 11 is 0. The van der Waals surface area contributed by atoms with Crippen LogP contribution in [0.25, 0.3) is 0 Å². The predicted molar refractivity (Wildman–Crippen MR) is 63.3 cm³/mol. The van der Waals surface area contributed by atoms with E-state index in [0.29, 0.717) is 0 Å². The summed E-state index contributed by atoms with van der Waals surface area (Å²) in [6.45, 7) is 7.46. The van der Waals surface area contributed by atoms with Gasteiger partial charge in [0, 0.05) is 26.2 Å². The molecule has 2 aliphatic heterocycles. The molecule has 0 aromatic rings. The lowest BCUT2D eigenvalue weighted by molar-refractivity contribution is 0.481. The van der Waals surface area contributed by atoms with E-state index in [1.54, 1.807) is 0 Å². The zero-order valence-corrected chi connectivity index (χ0v) is 10.0. The molecule has 80 valence electrons. The number of nitrogens with zero attached hydrogens (tertiary/aromatic N) is 2. The first-order chi connectivity index (χ1) is 6.92. The Labute approximate surface area is 88.8 Å². The molecule has 0 amide bonds. The van der Waals surface area contributed by atoms with Crippen LogP contribution in [-0.2, 0) is 0 Å². The van der Waals surface area contributed by atoms with Gasteiger partial charge in [-0.3, -0.25) is 9.34 Å². The van der Waals surface area contributed by atoms with E-state index in [9.17, 15) is 0 Å². The molecular weight excluding hydrogens is 191 g/mol. The summed E-state index contributed by atoms with van der Waals surface area (Å²) in [5, 5.41) is 0. The highest BCUT2D eigenvalue weighted by Gasteiger charge is 2.27. The number of hydrogen-bond donors (Lipinski definition) is 0. The minimum Gasteiger partial charge on any atom is -0.267 e. The van der Waals surface area contributed by atoms with Crippen LogP contribution < -0.4 is 0 Å². The van der Waals surface area contributed by atoms with E-state index < -0.39 is 0 Å². The van der Waals surface area contributed by atoms with E-state index >= 15 is 0 Å². The second-order valence-corrected chi connectivity index (χ2v) is 6.19. The Morgan fingerprint density at radius 3 is 1.64 bits per heavy atom. The highest BCUT2D eigenvalue weighted by molar-refractivity contribution is 7.56. The minimum atomic E-state index is -0.0769. The Morgan fingerprint density at radius 1 is 0.857 bits per heavy atom. The maximum absolute atomic E-state index is 2.70. The van der Waals surface area contributed by atoms with Crippen LogP contribution in [0.5, 0.6) is 0 Å². The van der Waals surface area contributed by atoms with Crippen LogP contribution in [-0.4, -0.2) is 35.5 Å². The zero-order chi connectivity index (χ0) is 9.80. The third-order valence-electron chi connectivity index (χ3n) is 3.03. The number of rotatable bonds is 3. The molecule has 2 fully saturated rings. The molecule has 0 aromatic carbocycles. The normalized spacial score (nSPS) is 25.9. The van der Waals surface area contributed by atoms with Crippen LogP contribution in [0.1, 0.15) is 32.6 Å². The molecule has 0 atom stereocenters. The van der Waals surface area contributed by atoms with Crippen molar-refractivity contribution in [1.82, 2.24) is 9.34 Å². The standard InChI is InChI=1S/C11H21N2P/c1-2-11-14(12-7-3-4-8-12)13-9-5-6-10-13/h2,11H,3-10H2,1H3. The van der Waals surface area contributed by atoms with Crippen molar-refractivity contribution in [2.75, 3.05) is 26.2 Å². The number of hydrogen-bond acceptors (Lipinski definition) is 2. The second kappa shape index (κ2) is 5.25. The Balaban J connectivity index is 1.98. The SMILES string of the molecule is CC=CP(N1CCCC1)N1CCCC1. The van der Waals surface area contributed by atoms with Gasteiger partial charge in [0.05, 0.1) is 8.22 Å². The molecule has 0 aliphatic carbocycles. The summed E-state index contributed by atoms with van der Waals surface area (Å²) in [7, 11) is -0.0769. The average molecular weight is 212 g/mol. The molecule has 14 heavy (non-hydrogen) atoms.